The molecule has 1 fully saturated rings. The van der Waals surface area contributed by atoms with Crippen molar-refractivity contribution in [3.63, 3.8) is 0 Å². The minimum atomic E-state index is -0.826. The summed E-state index contributed by atoms with van der Waals surface area (Å²) in [6.07, 6.45) is 0.130. The quantitative estimate of drug-likeness (QED) is 0.678. The third-order valence-electron chi connectivity index (χ3n) is 2.66. The van der Waals surface area contributed by atoms with Crippen molar-refractivity contribution in [3.05, 3.63) is 0 Å². The summed E-state index contributed by atoms with van der Waals surface area (Å²) in [6.45, 7) is 7.62. The van der Waals surface area contributed by atoms with Crippen LogP contribution in [0.5, 0.6) is 0 Å². The van der Waals surface area contributed by atoms with E-state index in [1.54, 1.807) is 0 Å². The Labute approximate surface area is 96.3 Å². The molecule has 0 aromatic rings. The molecular formula is C11H21NO4. The first-order valence-corrected chi connectivity index (χ1v) is 5.74. The van der Waals surface area contributed by atoms with E-state index in [4.69, 9.17) is 14.6 Å². The van der Waals surface area contributed by atoms with Crippen LogP contribution < -0.4 is 0 Å². The minimum Gasteiger partial charge on any atom is -0.481 e. The van der Waals surface area contributed by atoms with Crippen LogP contribution in [0.15, 0.2) is 0 Å². The molecule has 5 nitrogen and oxygen atoms in total. The summed E-state index contributed by atoms with van der Waals surface area (Å²) in [4.78, 5) is 12.6. The number of aliphatic carboxylic acids is 1. The molecule has 1 saturated heterocycles. The Morgan fingerprint density at radius 1 is 1.62 bits per heavy atom. The monoisotopic (exact) mass is 231 g/mol. The molecular weight excluding hydrogens is 210 g/mol. The van der Waals surface area contributed by atoms with Crippen LogP contribution in [0, 0.1) is 0 Å². The maximum Gasteiger partial charge on any atom is 0.305 e. The summed E-state index contributed by atoms with van der Waals surface area (Å²) in [6, 6.07) is 0.519. The van der Waals surface area contributed by atoms with Gasteiger partial charge in [0.2, 0.25) is 0 Å². The summed E-state index contributed by atoms with van der Waals surface area (Å²) in [7, 11) is 0. The molecule has 1 aliphatic rings. The van der Waals surface area contributed by atoms with Crippen molar-refractivity contribution in [1.29, 1.82) is 0 Å². The molecule has 1 N–H and O–H groups in total. The van der Waals surface area contributed by atoms with Gasteiger partial charge in [-0.25, -0.2) is 0 Å². The highest BCUT2D eigenvalue weighted by Gasteiger charge is 2.22. The standard InChI is InChI=1S/C11H21NO4/c1-9(2)12-4-6-16-10(7-12)8-15-5-3-11(13)14/h9-10H,3-8H2,1-2H3,(H,13,14)/t10-/m0/s1. The van der Waals surface area contributed by atoms with Crippen molar-refractivity contribution in [1.82, 2.24) is 4.90 Å². The first-order chi connectivity index (χ1) is 7.59. The number of carboxylic acid groups (broad SMARTS) is 1. The molecule has 1 rings (SSSR count). The fourth-order valence-corrected chi connectivity index (χ4v) is 1.69. The zero-order valence-electron chi connectivity index (χ0n) is 10.0. The molecule has 1 atom stereocenters. The topological polar surface area (TPSA) is 59.0 Å². The molecule has 0 aromatic heterocycles. The van der Waals surface area contributed by atoms with Gasteiger partial charge in [0.05, 0.1) is 32.3 Å². The maximum absolute atomic E-state index is 10.3. The summed E-state index contributed by atoms with van der Waals surface area (Å²) in [5, 5.41) is 8.45. The van der Waals surface area contributed by atoms with Crippen LogP contribution in [0.4, 0.5) is 0 Å². The molecule has 16 heavy (non-hydrogen) atoms. The average molecular weight is 231 g/mol. The second-order valence-corrected chi connectivity index (χ2v) is 4.30. The Balaban J connectivity index is 2.14. The Kier molecular flexibility index (Phi) is 5.73. The van der Waals surface area contributed by atoms with E-state index in [2.05, 4.69) is 18.7 Å². The predicted octanol–water partition coefficient (Wildman–Crippen LogP) is 0.587. The van der Waals surface area contributed by atoms with Gasteiger partial charge in [-0.05, 0) is 13.8 Å². The van der Waals surface area contributed by atoms with Gasteiger partial charge in [-0.3, -0.25) is 9.69 Å². The molecule has 0 saturated carbocycles. The van der Waals surface area contributed by atoms with Crippen LogP contribution in [0.1, 0.15) is 20.3 Å². The number of morpholine rings is 1. The Morgan fingerprint density at radius 3 is 3.00 bits per heavy atom. The van der Waals surface area contributed by atoms with Crippen LogP contribution in [0.3, 0.4) is 0 Å². The molecule has 0 amide bonds. The SMILES string of the molecule is CC(C)N1CCO[C@H](COCCC(=O)O)C1. The van der Waals surface area contributed by atoms with Crippen molar-refractivity contribution in [2.45, 2.75) is 32.4 Å². The first-order valence-electron chi connectivity index (χ1n) is 5.74. The normalized spacial score (nSPS) is 22.6. The number of ether oxygens (including phenoxy) is 2. The lowest BCUT2D eigenvalue weighted by atomic mass is 10.2. The predicted molar refractivity (Wildman–Crippen MR) is 59.5 cm³/mol. The number of rotatable bonds is 6. The second-order valence-electron chi connectivity index (χ2n) is 4.30. The van der Waals surface area contributed by atoms with Crippen LogP contribution in [-0.4, -0.2) is 61.0 Å². The summed E-state index contributed by atoms with van der Waals surface area (Å²) >= 11 is 0. The minimum absolute atomic E-state index is 0.0562. The highest BCUT2D eigenvalue weighted by atomic mass is 16.5. The summed E-state index contributed by atoms with van der Waals surface area (Å²) in [5.74, 6) is -0.826. The molecule has 0 spiro atoms. The van der Waals surface area contributed by atoms with Gasteiger partial charge in [0.1, 0.15) is 0 Å². The number of nitrogens with zero attached hydrogens (tertiary/aromatic N) is 1. The lowest BCUT2D eigenvalue weighted by Gasteiger charge is -2.35. The van der Waals surface area contributed by atoms with Gasteiger partial charge in [-0.15, -0.1) is 0 Å². The van der Waals surface area contributed by atoms with Crippen molar-refractivity contribution < 1.29 is 19.4 Å². The van der Waals surface area contributed by atoms with Gasteiger partial charge in [-0.1, -0.05) is 0 Å². The second kappa shape index (κ2) is 6.83. The third-order valence-corrected chi connectivity index (χ3v) is 2.66. The molecule has 5 heteroatoms. The lowest BCUT2D eigenvalue weighted by Crippen LogP contribution is -2.47. The van der Waals surface area contributed by atoms with Crippen LogP contribution >= 0.6 is 0 Å². The van der Waals surface area contributed by atoms with Crippen LogP contribution in [-0.2, 0) is 14.3 Å². The first kappa shape index (κ1) is 13.4. The van der Waals surface area contributed by atoms with Crippen molar-refractivity contribution >= 4 is 5.97 Å². The van der Waals surface area contributed by atoms with Gasteiger partial charge in [-0.2, -0.15) is 0 Å². The Bertz CT molecular complexity index is 220. The fourth-order valence-electron chi connectivity index (χ4n) is 1.69. The molecule has 0 radical (unpaired) electrons. The van der Waals surface area contributed by atoms with Gasteiger partial charge >= 0.3 is 5.97 Å². The zero-order chi connectivity index (χ0) is 12.0. The van der Waals surface area contributed by atoms with Crippen molar-refractivity contribution in [2.75, 3.05) is 32.9 Å². The van der Waals surface area contributed by atoms with E-state index in [1.807, 2.05) is 0 Å². The maximum atomic E-state index is 10.3. The fraction of sp³-hybridized carbons (Fsp3) is 0.909. The van der Waals surface area contributed by atoms with Gasteiger partial charge in [0, 0.05) is 19.1 Å². The Hall–Kier alpha value is -0.650. The molecule has 0 aromatic carbocycles. The van der Waals surface area contributed by atoms with E-state index >= 15 is 0 Å². The molecule has 1 aliphatic heterocycles. The van der Waals surface area contributed by atoms with E-state index < -0.39 is 5.97 Å². The zero-order valence-corrected chi connectivity index (χ0v) is 10.0. The summed E-state index contributed by atoms with van der Waals surface area (Å²) < 4.78 is 10.8. The van der Waals surface area contributed by atoms with E-state index in [-0.39, 0.29) is 19.1 Å². The number of carboxylic acids is 1. The van der Waals surface area contributed by atoms with Crippen LogP contribution in [0.2, 0.25) is 0 Å². The Morgan fingerprint density at radius 2 is 2.38 bits per heavy atom. The van der Waals surface area contributed by atoms with E-state index in [1.165, 1.54) is 0 Å². The molecule has 0 unspecified atom stereocenters. The molecule has 1 heterocycles. The van der Waals surface area contributed by atoms with Gasteiger partial charge < -0.3 is 14.6 Å². The van der Waals surface area contributed by atoms with E-state index in [9.17, 15) is 4.79 Å². The number of hydrogen-bond donors (Lipinski definition) is 1. The summed E-state index contributed by atoms with van der Waals surface area (Å²) in [5.41, 5.74) is 0. The largest absolute Gasteiger partial charge is 0.481 e. The van der Waals surface area contributed by atoms with Gasteiger partial charge in [0.15, 0.2) is 0 Å². The smallest absolute Gasteiger partial charge is 0.305 e. The number of carbonyl (C=O) groups is 1. The van der Waals surface area contributed by atoms with Crippen molar-refractivity contribution in [2.24, 2.45) is 0 Å². The highest BCUT2D eigenvalue weighted by molar-refractivity contribution is 5.66. The van der Waals surface area contributed by atoms with Gasteiger partial charge in [0.25, 0.3) is 0 Å². The molecule has 0 bridgehead atoms. The van der Waals surface area contributed by atoms with E-state index in [0.29, 0.717) is 12.6 Å². The van der Waals surface area contributed by atoms with Crippen LogP contribution in [0.25, 0.3) is 0 Å². The highest BCUT2D eigenvalue weighted by Crippen LogP contribution is 2.09. The third kappa shape index (κ3) is 4.92. The molecule has 0 aliphatic carbocycles. The van der Waals surface area contributed by atoms with Crippen molar-refractivity contribution in [3.8, 4) is 0 Å². The van der Waals surface area contributed by atoms with E-state index in [0.717, 1.165) is 19.7 Å². The lowest BCUT2D eigenvalue weighted by molar-refractivity contribution is -0.139. The molecule has 94 valence electrons. The number of hydrogen-bond acceptors (Lipinski definition) is 4. The average Bonchev–Trinajstić information content (AvgIpc) is 2.24.